The van der Waals surface area contributed by atoms with E-state index in [9.17, 15) is 0 Å². The number of hydrogen-bond donors (Lipinski definition) is 0. The number of nitrogens with zero attached hydrogens (tertiary/aromatic N) is 1. The van der Waals surface area contributed by atoms with Gasteiger partial charge in [0.15, 0.2) is 6.29 Å². The highest BCUT2D eigenvalue weighted by atomic mass is 16.7. The second-order valence-electron chi connectivity index (χ2n) is 4.28. The molecule has 0 saturated heterocycles. The third kappa shape index (κ3) is 3.28. The highest BCUT2D eigenvalue weighted by molar-refractivity contribution is 5.30. The molecule has 0 fully saturated rings. The molecule has 3 nitrogen and oxygen atoms in total. The molecule has 0 aromatic heterocycles. The summed E-state index contributed by atoms with van der Waals surface area (Å²) in [5.41, 5.74) is 2.86. The first kappa shape index (κ1) is 12.6. The molecular formula is C14H21NO2. The fourth-order valence-corrected chi connectivity index (χ4v) is 2.27. The summed E-state index contributed by atoms with van der Waals surface area (Å²) in [6.07, 6.45) is -0.0979. The Morgan fingerprint density at radius 2 is 1.59 bits per heavy atom. The quantitative estimate of drug-likeness (QED) is 0.707. The van der Waals surface area contributed by atoms with Crippen molar-refractivity contribution in [2.24, 2.45) is 0 Å². The van der Waals surface area contributed by atoms with E-state index in [1.165, 1.54) is 11.1 Å². The van der Waals surface area contributed by atoms with E-state index in [0.717, 1.165) is 19.6 Å². The Balaban J connectivity index is 1.89. The molecule has 1 aromatic rings. The summed E-state index contributed by atoms with van der Waals surface area (Å²) in [6, 6.07) is 8.60. The third-order valence-electron chi connectivity index (χ3n) is 3.02. The molecule has 0 aliphatic carbocycles. The smallest absolute Gasteiger partial charge is 0.170 e. The molecule has 17 heavy (non-hydrogen) atoms. The summed E-state index contributed by atoms with van der Waals surface area (Å²) in [4.78, 5) is 2.38. The predicted molar refractivity (Wildman–Crippen MR) is 67.6 cm³/mol. The van der Waals surface area contributed by atoms with E-state index in [0.29, 0.717) is 13.2 Å². The zero-order valence-electron chi connectivity index (χ0n) is 10.7. The maximum absolute atomic E-state index is 5.58. The Labute approximate surface area is 103 Å². The van der Waals surface area contributed by atoms with Crippen LogP contribution in [0.15, 0.2) is 24.3 Å². The highest BCUT2D eigenvalue weighted by Gasteiger charge is 2.21. The summed E-state index contributed by atoms with van der Waals surface area (Å²) in [5, 5.41) is 0. The van der Waals surface area contributed by atoms with Gasteiger partial charge in [0, 0.05) is 26.3 Å². The number of fused-ring (bicyclic) bond motifs is 1. The van der Waals surface area contributed by atoms with E-state index in [-0.39, 0.29) is 6.29 Å². The van der Waals surface area contributed by atoms with Crippen LogP contribution >= 0.6 is 0 Å². The van der Waals surface area contributed by atoms with Gasteiger partial charge in [-0.15, -0.1) is 0 Å². The molecule has 1 heterocycles. The number of hydrogen-bond acceptors (Lipinski definition) is 3. The number of rotatable bonds is 6. The molecule has 0 unspecified atom stereocenters. The second kappa shape index (κ2) is 6.15. The molecule has 0 radical (unpaired) electrons. The van der Waals surface area contributed by atoms with Crippen LogP contribution in [0.1, 0.15) is 25.0 Å². The zero-order valence-corrected chi connectivity index (χ0v) is 10.7. The highest BCUT2D eigenvalue weighted by Crippen LogP contribution is 2.22. The maximum atomic E-state index is 5.58. The fourth-order valence-electron chi connectivity index (χ4n) is 2.27. The van der Waals surface area contributed by atoms with Crippen molar-refractivity contribution in [1.29, 1.82) is 0 Å². The van der Waals surface area contributed by atoms with Gasteiger partial charge in [0.25, 0.3) is 0 Å². The molecule has 2 rings (SSSR count). The lowest BCUT2D eigenvalue weighted by molar-refractivity contribution is -0.147. The Hall–Kier alpha value is -0.900. The first-order valence-corrected chi connectivity index (χ1v) is 6.35. The van der Waals surface area contributed by atoms with Crippen molar-refractivity contribution in [2.75, 3.05) is 19.8 Å². The van der Waals surface area contributed by atoms with E-state index < -0.39 is 0 Å². The van der Waals surface area contributed by atoms with Gasteiger partial charge in [-0.2, -0.15) is 0 Å². The molecule has 3 heteroatoms. The van der Waals surface area contributed by atoms with Crippen LogP contribution in [0.4, 0.5) is 0 Å². The minimum atomic E-state index is -0.0979. The summed E-state index contributed by atoms with van der Waals surface area (Å²) < 4.78 is 11.2. The summed E-state index contributed by atoms with van der Waals surface area (Å²) in [6.45, 7) is 8.27. The standard InChI is InChI=1S/C14H21NO2/c1-3-16-14(17-4-2)11-15-9-12-7-5-6-8-13(12)10-15/h5-8,14H,3-4,9-11H2,1-2H3. The molecule has 0 N–H and O–H groups in total. The van der Waals surface area contributed by atoms with Crippen molar-refractivity contribution in [3.05, 3.63) is 35.4 Å². The molecule has 0 bridgehead atoms. The van der Waals surface area contributed by atoms with E-state index in [4.69, 9.17) is 9.47 Å². The lowest BCUT2D eigenvalue weighted by Gasteiger charge is -2.23. The van der Waals surface area contributed by atoms with Crippen LogP contribution in [0, 0.1) is 0 Å². The van der Waals surface area contributed by atoms with Crippen LogP contribution < -0.4 is 0 Å². The van der Waals surface area contributed by atoms with Crippen molar-refractivity contribution in [2.45, 2.75) is 33.2 Å². The summed E-state index contributed by atoms with van der Waals surface area (Å²) in [7, 11) is 0. The zero-order chi connectivity index (χ0) is 12.1. The molecule has 1 aliphatic rings. The third-order valence-corrected chi connectivity index (χ3v) is 3.02. The van der Waals surface area contributed by atoms with Crippen molar-refractivity contribution >= 4 is 0 Å². The molecule has 0 atom stereocenters. The van der Waals surface area contributed by atoms with Crippen molar-refractivity contribution in [3.8, 4) is 0 Å². The second-order valence-corrected chi connectivity index (χ2v) is 4.28. The largest absolute Gasteiger partial charge is 0.352 e. The van der Waals surface area contributed by atoms with Crippen LogP contribution in [0.3, 0.4) is 0 Å². The normalized spacial score (nSPS) is 15.5. The Morgan fingerprint density at radius 3 is 2.06 bits per heavy atom. The van der Waals surface area contributed by atoms with Crippen molar-refractivity contribution in [3.63, 3.8) is 0 Å². The molecule has 0 spiro atoms. The Kier molecular flexibility index (Phi) is 4.54. The SMILES string of the molecule is CCOC(CN1Cc2ccccc2C1)OCC. The molecular weight excluding hydrogens is 214 g/mol. The van der Waals surface area contributed by atoms with Gasteiger partial charge >= 0.3 is 0 Å². The van der Waals surface area contributed by atoms with E-state index in [1.807, 2.05) is 13.8 Å². The van der Waals surface area contributed by atoms with Crippen LogP contribution in [-0.4, -0.2) is 30.9 Å². The lowest BCUT2D eigenvalue weighted by atomic mass is 10.1. The maximum Gasteiger partial charge on any atom is 0.170 e. The number of benzene rings is 1. The van der Waals surface area contributed by atoms with E-state index in [2.05, 4.69) is 29.2 Å². The first-order chi connectivity index (χ1) is 8.33. The Bertz CT molecular complexity index is 323. The van der Waals surface area contributed by atoms with Gasteiger partial charge in [-0.25, -0.2) is 0 Å². The fraction of sp³-hybridized carbons (Fsp3) is 0.571. The molecule has 0 amide bonds. The topological polar surface area (TPSA) is 21.7 Å². The van der Waals surface area contributed by atoms with Gasteiger partial charge in [0.2, 0.25) is 0 Å². The average Bonchev–Trinajstić information content (AvgIpc) is 2.71. The minimum absolute atomic E-state index is 0.0979. The van der Waals surface area contributed by atoms with Gasteiger partial charge in [0.05, 0.1) is 6.54 Å². The van der Waals surface area contributed by atoms with Gasteiger partial charge in [0.1, 0.15) is 0 Å². The average molecular weight is 235 g/mol. The predicted octanol–water partition coefficient (Wildman–Crippen LogP) is 2.40. The lowest BCUT2D eigenvalue weighted by Crippen LogP contribution is -2.32. The van der Waals surface area contributed by atoms with Crippen molar-refractivity contribution < 1.29 is 9.47 Å². The summed E-state index contributed by atoms with van der Waals surface area (Å²) >= 11 is 0. The first-order valence-electron chi connectivity index (χ1n) is 6.35. The number of ether oxygens (including phenoxy) is 2. The van der Waals surface area contributed by atoms with Crippen molar-refractivity contribution in [1.82, 2.24) is 4.90 Å². The van der Waals surface area contributed by atoms with Crippen LogP contribution in [0.5, 0.6) is 0 Å². The van der Waals surface area contributed by atoms with Crippen LogP contribution in [0.25, 0.3) is 0 Å². The molecule has 1 aliphatic heterocycles. The van der Waals surface area contributed by atoms with E-state index >= 15 is 0 Å². The minimum Gasteiger partial charge on any atom is -0.352 e. The van der Waals surface area contributed by atoms with Gasteiger partial charge in [-0.1, -0.05) is 24.3 Å². The Morgan fingerprint density at radius 1 is 1.06 bits per heavy atom. The van der Waals surface area contributed by atoms with E-state index in [1.54, 1.807) is 0 Å². The monoisotopic (exact) mass is 235 g/mol. The van der Waals surface area contributed by atoms with Crippen LogP contribution in [0.2, 0.25) is 0 Å². The summed E-state index contributed by atoms with van der Waals surface area (Å²) in [5.74, 6) is 0. The van der Waals surface area contributed by atoms with Gasteiger partial charge < -0.3 is 9.47 Å². The molecule has 1 aromatic carbocycles. The molecule has 94 valence electrons. The van der Waals surface area contributed by atoms with Gasteiger partial charge in [-0.3, -0.25) is 4.90 Å². The van der Waals surface area contributed by atoms with Crippen LogP contribution in [-0.2, 0) is 22.6 Å². The molecule has 0 saturated carbocycles. The van der Waals surface area contributed by atoms with Gasteiger partial charge in [-0.05, 0) is 25.0 Å².